The van der Waals surface area contributed by atoms with E-state index in [2.05, 4.69) is 22.4 Å². The molecule has 0 atom stereocenters. The number of para-hydroxylation sites is 1. The summed E-state index contributed by atoms with van der Waals surface area (Å²) >= 11 is 0. The summed E-state index contributed by atoms with van der Waals surface area (Å²) in [4.78, 5) is 15.4. The van der Waals surface area contributed by atoms with E-state index < -0.39 is 0 Å². The number of amides is 1. The average Bonchev–Trinajstić information content (AvgIpc) is 2.91. The van der Waals surface area contributed by atoms with Gasteiger partial charge in [0.05, 0.1) is 0 Å². The second-order valence-electron chi connectivity index (χ2n) is 6.01. The molecule has 0 spiro atoms. The Hall–Kier alpha value is -1.81. The molecule has 0 aliphatic heterocycles. The van der Waals surface area contributed by atoms with E-state index in [4.69, 9.17) is 5.73 Å². The molecule has 1 aliphatic carbocycles. The van der Waals surface area contributed by atoms with Gasteiger partial charge < -0.3 is 16.0 Å². The topological polar surface area (TPSA) is 70.9 Å². The van der Waals surface area contributed by atoms with Gasteiger partial charge in [-0.05, 0) is 43.7 Å². The zero-order chi connectivity index (χ0) is 14.7. The molecule has 21 heavy (non-hydrogen) atoms. The lowest BCUT2D eigenvalue weighted by Gasteiger charge is -2.25. The summed E-state index contributed by atoms with van der Waals surface area (Å²) < 4.78 is 0. The van der Waals surface area contributed by atoms with Gasteiger partial charge in [-0.25, -0.2) is 0 Å². The first-order valence-electron chi connectivity index (χ1n) is 7.82. The van der Waals surface area contributed by atoms with Crippen LogP contribution in [0.5, 0.6) is 0 Å². The average molecular weight is 285 g/mol. The molecule has 1 heterocycles. The zero-order valence-corrected chi connectivity index (χ0v) is 12.3. The summed E-state index contributed by atoms with van der Waals surface area (Å²) in [5.41, 5.74) is 8.29. The number of nitrogens with two attached hydrogens (primary N) is 1. The zero-order valence-electron chi connectivity index (χ0n) is 12.3. The van der Waals surface area contributed by atoms with Gasteiger partial charge in [0, 0.05) is 35.6 Å². The van der Waals surface area contributed by atoms with Crippen LogP contribution < -0.4 is 11.1 Å². The van der Waals surface area contributed by atoms with Gasteiger partial charge in [0.25, 0.3) is 0 Å². The van der Waals surface area contributed by atoms with Crippen LogP contribution in [-0.2, 0) is 11.2 Å². The highest BCUT2D eigenvalue weighted by Crippen LogP contribution is 2.23. The first-order valence-corrected chi connectivity index (χ1v) is 7.82. The first-order chi connectivity index (χ1) is 10.2. The number of carbonyl (C=O) groups excluding carboxylic acids is 1. The maximum atomic E-state index is 12.1. The molecule has 4 nitrogen and oxygen atoms in total. The lowest BCUT2D eigenvalue weighted by atomic mass is 9.86. The van der Waals surface area contributed by atoms with Crippen LogP contribution in [0.1, 0.15) is 31.2 Å². The fourth-order valence-corrected chi connectivity index (χ4v) is 3.18. The molecule has 1 aromatic carbocycles. The summed E-state index contributed by atoms with van der Waals surface area (Å²) in [7, 11) is 0. The molecule has 0 unspecified atom stereocenters. The standard InChI is InChI=1S/C17H23N3O/c18-14-7-5-12(6-8-14)17(21)19-10-9-13-11-20-16-4-2-1-3-15(13)16/h1-4,11-12,14,20H,5-10,18H2,(H,19,21). The minimum Gasteiger partial charge on any atom is -0.361 e. The number of nitrogens with one attached hydrogen (secondary N) is 2. The third kappa shape index (κ3) is 3.27. The summed E-state index contributed by atoms with van der Waals surface area (Å²) in [6.07, 6.45) is 6.71. The Morgan fingerprint density at radius 3 is 2.81 bits per heavy atom. The monoisotopic (exact) mass is 285 g/mol. The van der Waals surface area contributed by atoms with Crippen molar-refractivity contribution in [2.75, 3.05) is 6.54 Å². The van der Waals surface area contributed by atoms with Gasteiger partial charge in [-0.15, -0.1) is 0 Å². The van der Waals surface area contributed by atoms with Crippen molar-refractivity contribution in [1.82, 2.24) is 10.3 Å². The van der Waals surface area contributed by atoms with Gasteiger partial charge >= 0.3 is 0 Å². The third-order valence-corrected chi connectivity index (χ3v) is 4.51. The summed E-state index contributed by atoms with van der Waals surface area (Å²) in [6, 6.07) is 8.55. The molecular weight excluding hydrogens is 262 g/mol. The SMILES string of the molecule is NC1CCC(C(=O)NCCc2c[nH]c3ccccc23)CC1. The second-order valence-corrected chi connectivity index (χ2v) is 6.01. The predicted molar refractivity (Wildman–Crippen MR) is 84.9 cm³/mol. The molecular formula is C17H23N3O. The number of hydrogen-bond acceptors (Lipinski definition) is 2. The Balaban J connectivity index is 1.51. The van der Waals surface area contributed by atoms with Crippen LogP contribution in [0, 0.1) is 5.92 Å². The van der Waals surface area contributed by atoms with Crippen LogP contribution in [0.4, 0.5) is 0 Å². The Morgan fingerprint density at radius 1 is 1.24 bits per heavy atom. The number of H-pyrrole nitrogens is 1. The summed E-state index contributed by atoms with van der Waals surface area (Å²) in [5, 5.41) is 4.32. The van der Waals surface area contributed by atoms with Crippen molar-refractivity contribution in [2.45, 2.75) is 38.1 Å². The second kappa shape index (κ2) is 6.31. The van der Waals surface area contributed by atoms with Crippen LogP contribution >= 0.6 is 0 Å². The number of aromatic nitrogens is 1. The molecule has 0 radical (unpaired) electrons. The van der Waals surface area contributed by atoms with Crippen molar-refractivity contribution in [1.29, 1.82) is 0 Å². The van der Waals surface area contributed by atoms with Crippen LogP contribution in [0.2, 0.25) is 0 Å². The summed E-state index contributed by atoms with van der Waals surface area (Å²) in [5.74, 6) is 0.356. The first kappa shape index (κ1) is 14.1. The molecule has 1 aromatic heterocycles. The van der Waals surface area contributed by atoms with E-state index in [0.717, 1.165) is 37.6 Å². The number of fused-ring (bicyclic) bond motifs is 1. The van der Waals surface area contributed by atoms with Crippen molar-refractivity contribution in [3.05, 3.63) is 36.0 Å². The molecule has 1 saturated carbocycles. The highest BCUT2D eigenvalue weighted by atomic mass is 16.1. The number of rotatable bonds is 4. The molecule has 2 aromatic rings. The summed E-state index contributed by atoms with van der Waals surface area (Å²) in [6.45, 7) is 0.698. The van der Waals surface area contributed by atoms with E-state index in [1.165, 1.54) is 10.9 Å². The van der Waals surface area contributed by atoms with Crippen molar-refractivity contribution in [3.8, 4) is 0 Å². The van der Waals surface area contributed by atoms with E-state index in [1.54, 1.807) is 0 Å². The van der Waals surface area contributed by atoms with E-state index in [9.17, 15) is 4.79 Å². The van der Waals surface area contributed by atoms with Crippen molar-refractivity contribution in [2.24, 2.45) is 11.7 Å². The van der Waals surface area contributed by atoms with Crippen LogP contribution in [0.15, 0.2) is 30.5 Å². The lowest BCUT2D eigenvalue weighted by Crippen LogP contribution is -2.37. The van der Waals surface area contributed by atoms with Gasteiger partial charge in [0.2, 0.25) is 5.91 Å². The molecule has 1 amide bonds. The predicted octanol–water partition coefficient (Wildman–Crippen LogP) is 2.34. The molecule has 1 fully saturated rings. The Kier molecular flexibility index (Phi) is 4.25. The fourth-order valence-electron chi connectivity index (χ4n) is 3.18. The molecule has 112 valence electrons. The van der Waals surface area contributed by atoms with Crippen molar-refractivity contribution in [3.63, 3.8) is 0 Å². The number of hydrogen-bond donors (Lipinski definition) is 3. The normalized spacial score (nSPS) is 22.3. The largest absolute Gasteiger partial charge is 0.361 e. The number of carbonyl (C=O) groups is 1. The van der Waals surface area contributed by atoms with Gasteiger partial charge in [0.1, 0.15) is 0 Å². The van der Waals surface area contributed by atoms with E-state index in [0.29, 0.717) is 12.6 Å². The highest BCUT2D eigenvalue weighted by molar-refractivity contribution is 5.83. The van der Waals surface area contributed by atoms with E-state index in [1.807, 2.05) is 18.3 Å². The molecule has 4 N–H and O–H groups in total. The third-order valence-electron chi connectivity index (χ3n) is 4.51. The number of benzene rings is 1. The lowest BCUT2D eigenvalue weighted by molar-refractivity contribution is -0.125. The maximum absolute atomic E-state index is 12.1. The van der Waals surface area contributed by atoms with Gasteiger partial charge in [-0.2, -0.15) is 0 Å². The van der Waals surface area contributed by atoms with Crippen LogP contribution in [-0.4, -0.2) is 23.5 Å². The van der Waals surface area contributed by atoms with Crippen molar-refractivity contribution < 1.29 is 4.79 Å². The van der Waals surface area contributed by atoms with E-state index >= 15 is 0 Å². The smallest absolute Gasteiger partial charge is 0.223 e. The Morgan fingerprint density at radius 2 is 2.00 bits per heavy atom. The minimum absolute atomic E-state index is 0.160. The molecule has 0 saturated heterocycles. The van der Waals surface area contributed by atoms with Crippen LogP contribution in [0.3, 0.4) is 0 Å². The molecule has 0 bridgehead atoms. The Labute approximate surface area is 125 Å². The fraction of sp³-hybridized carbons (Fsp3) is 0.471. The van der Waals surface area contributed by atoms with Gasteiger partial charge in [0.15, 0.2) is 0 Å². The van der Waals surface area contributed by atoms with Gasteiger partial charge in [-0.1, -0.05) is 18.2 Å². The molecule has 4 heteroatoms. The highest BCUT2D eigenvalue weighted by Gasteiger charge is 2.24. The number of aromatic amines is 1. The van der Waals surface area contributed by atoms with Gasteiger partial charge in [-0.3, -0.25) is 4.79 Å². The quantitative estimate of drug-likeness (QED) is 0.807. The maximum Gasteiger partial charge on any atom is 0.223 e. The van der Waals surface area contributed by atoms with Crippen LogP contribution in [0.25, 0.3) is 10.9 Å². The Bertz CT molecular complexity index is 611. The minimum atomic E-state index is 0.160. The molecule has 3 rings (SSSR count). The molecule has 1 aliphatic rings. The van der Waals surface area contributed by atoms with E-state index in [-0.39, 0.29) is 11.8 Å². The van der Waals surface area contributed by atoms with Crippen molar-refractivity contribution >= 4 is 16.8 Å².